The molecule has 2 amide bonds. The fourth-order valence-electron chi connectivity index (χ4n) is 2.76. The van der Waals surface area contributed by atoms with Gasteiger partial charge in [-0.05, 0) is 60.9 Å². The van der Waals surface area contributed by atoms with Gasteiger partial charge in [-0.15, -0.1) is 11.8 Å². The number of benzene rings is 2. The first-order chi connectivity index (χ1) is 13.6. The summed E-state index contributed by atoms with van der Waals surface area (Å²) in [5, 5.41) is 5.79. The minimum Gasteiger partial charge on any atom is -0.459 e. The lowest BCUT2D eigenvalue weighted by molar-refractivity contribution is -0.113. The maximum atomic E-state index is 12.4. The van der Waals surface area contributed by atoms with Crippen molar-refractivity contribution in [1.82, 2.24) is 0 Å². The maximum Gasteiger partial charge on any atom is 0.291 e. The fraction of sp³-hybridized carbons (Fsp3) is 0.182. The first-order valence-electron chi connectivity index (χ1n) is 9.03. The van der Waals surface area contributed by atoms with Crippen LogP contribution in [-0.4, -0.2) is 17.6 Å². The van der Waals surface area contributed by atoms with Gasteiger partial charge in [-0.1, -0.05) is 25.1 Å². The van der Waals surface area contributed by atoms with Crippen LogP contribution in [0, 0.1) is 6.92 Å². The molecule has 0 saturated carbocycles. The zero-order valence-electron chi connectivity index (χ0n) is 15.8. The Morgan fingerprint density at radius 3 is 2.46 bits per heavy atom. The number of anilines is 2. The standard InChI is InChI=1S/C22H22N2O3S/c1-3-16-7-4-6-15(2)21(16)24-20(25)14-28-18-11-9-17(10-12-18)23-22(26)19-8-5-13-27-19/h4-13H,3,14H2,1-2H3,(H,23,26)(H,24,25). The number of rotatable bonds is 7. The van der Waals surface area contributed by atoms with Crippen molar-refractivity contribution in [2.45, 2.75) is 25.2 Å². The Kier molecular flexibility index (Phi) is 6.55. The zero-order chi connectivity index (χ0) is 19.9. The summed E-state index contributed by atoms with van der Waals surface area (Å²) in [7, 11) is 0. The van der Waals surface area contributed by atoms with E-state index in [9.17, 15) is 9.59 Å². The van der Waals surface area contributed by atoms with Crippen molar-refractivity contribution in [3.05, 3.63) is 77.7 Å². The molecule has 0 saturated heterocycles. The van der Waals surface area contributed by atoms with Gasteiger partial charge in [0.25, 0.3) is 5.91 Å². The molecule has 0 fully saturated rings. The minimum absolute atomic E-state index is 0.0378. The van der Waals surface area contributed by atoms with Gasteiger partial charge >= 0.3 is 0 Å². The van der Waals surface area contributed by atoms with Crippen molar-refractivity contribution in [1.29, 1.82) is 0 Å². The van der Waals surface area contributed by atoms with E-state index in [0.29, 0.717) is 11.4 Å². The van der Waals surface area contributed by atoms with Gasteiger partial charge in [0.2, 0.25) is 5.91 Å². The molecular formula is C22H22N2O3S. The van der Waals surface area contributed by atoms with Crippen molar-refractivity contribution in [2.75, 3.05) is 16.4 Å². The summed E-state index contributed by atoms with van der Waals surface area (Å²) in [4.78, 5) is 25.3. The van der Waals surface area contributed by atoms with Crippen molar-refractivity contribution < 1.29 is 14.0 Å². The molecule has 2 N–H and O–H groups in total. The van der Waals surface area contributed by atoms with Crippen LogP contribution in [0.4, 0.5) is 11.4 Å². The molecule has 0 aliphatic rings. The van der Waals surface area contributed by atoms with Crippen LogP contribution in [0.15, 0.2) is 70.2 Å². The number of nitrogens with one attached hydrogen (secondary N) is 2. The number of carbonyl (C=O) groups is 2. The maximum absolute atomic E-state index is 12.4. The van der Waals surface area contributed by atoms with Gasteiger partial charge in [-0.3, -0.25) is 9.59 Å². The normalized spacial score (nSPS) is 10.5. The van der Waals surface area contributed by atoms with Crippen LogP contribution in [0.2, 0.25) is 0 Å². The molecule has 1 heterocycles. The molecule has 0 aliphatic carbocycles. The molecule has 2 aromatic carbocycles. The highest BCUT2D eigenvalue weighted by molar-refractivity contribution is 8.00. The van der Waals surface area contributed by atoms with E-state index in [-0.39, 0.29) is 17.6 Å². The molecule has 5 nitrogen and oxygen atoms in total. The van der Waals surface area contributed by atoms with Gasteiger partial charge in [0.15, 0.2) is 5.76 Å². The molecule has 0 radical (unpaired) electrons. The summed E-state index contributed by atoms with van der Waals surface area (Å²) >= 11 is 1.45. The van der Waals surface area contributed by atoms with E-state index < -0.39 is 0 Å². The van der Waals surface area contributed by atoms with E-state index in [4.69, 9.17) is 4.42 Å². The van der Waals surface area contributed by atoms with Crippen LogP contribution in [0.25, 0.3) is 0 Å². The molecule has 28 heavy (non-hydrogen) atoms. The summed E-state index contributed by atoms with van der Waals surface area (Å²) < 4.78 is 5.07. The van der Waals surface area contributed by atoms with Crippen molar-refractivity contribution >= 4 is 35.0 Å². The average Bonchev–Trinajstić information content (AvgIpc) is 3.24. The van der Waals surface area contributed by atoms with E-state index in [1.165, 1.54) is 18.0 Å². The van der Waals surface area contributed by atoms with E-state index >= 15 is 0 Å². The molecule has 6 heteroatoms. The second-order valence-corrected chi connectivity index (χ2v) is 7.30. The zero-order valence-corrected chi connectivity index (χ0v) is 16.6. The Morgan fingerprint density at radius 2 is 1.79 bits per heavy atom. The molecular weight excluding hydrogens is 372 g/mol. The molecule has 0 atom stereocenters. The van der Waals surface area contributed by atoms with Crippen LogP contribution in [0.1, 0.15) is 28.6 Å². The molecule has 1 aromatic heterocycles. The van der Waals surface area contributed by atoms with Crippen molar-refractivity contribution in [3.63, 3.8) is 0 Å². The summed E-state index contributed by atoms with van der Waals surface area (Å²) in [6.45, 7) is 4.07. The second kappa shape index (κ2) is 9.28. The Balaban J connectivity index is 1.53. The highest BCUT2D eigenvalue weighted by Crippen LogP contribution is 2.24. The van der Waals surface area contributed by atoms with Crippen molar-refractivity contribution in [2.24, 2.45) is 0 Å². The number of para-hydroxylation sites is 1. The van der Waals surface area contributed by atoms with Crippen LogP contribution < -0.4 is 10.6 Å². The average molecular weight is 394 g/mol. The van der Waals surface area contributed by atoms with Crippen LogP contribution in [0.3, 0.4) is 0 Å². The third-order valence-electron chi connectivity index (χ3n) is 4.23. The second-order valence-electron chi connectivity index (χ2n) is 6.26. The molecule has 144 valence electrons. The van der Waals surface area contributed by atoms with Crippen LogP contribution in [-0.2, 0) is 11.2 Å². The van der Waals surface area contributed by atoms with E-state index in [0.717, 1.165) is 28.1 Å². The number of carbonyl (C=O) groups excluding carboxylic acids is 2. The molecule has 0 unspecified atom stereocenters. The quantitative estimate of drug-likeness (QED) is 0.545. The first-order valence-corrected chi connectivity index (χ1v) is 10.0. The van der Waals surface area contributed by atoms with Gasteiger partial charge in [0, 0.05) is 16.3 Å². The van der Waals surface area contributed by atoms with Crippen molar-refractivity contribution in [3.8, 4) is 0 Å². The topological polar surface area (TPSA) is 71.3 Å². The molecule has 0 bridgehead atoms. The number of hydrogen-bond acceptors (Lipinski definition) is 4. The number of aryl methyl sites for hydroxylation is 2. The van der Waals surface area contributed by atoms with Gasteiger partial charge in [-0.25, -0.2) is 0 Å². The van der Waals surface area contributed by atoms with E-state index in [1.54, 1.807) is 24.3 Å². The summed E-state index contributed by atoms with van der Waals surface area (Å²) in [6, 6.07) is 16.7. The number of hydrogen-bond donors (Lipinski definition) is 2. The smallest absolute Gasteiger partial charge is 0.291 e. The molecule has 3 aromatic rings. The molecule has 0 spiro atoms. The van der Waals surface area contributed by atoms with Gasteiger partial charge in [0.1, 0.15) is 0 Å². The van der Waals surface area contributed by atoms with Gasteiger partial charge in [-0.2, -0.15) is 0 Å². The highest BCUT2D eigenvalue weighted by Gasteiger charge is 2.10. The summed E-state index contributed by atoms with van der Waals surface area (Å²) in [5.74, 6) is 0.243. The third-order valence-corrected chi connectivity index (χ3v) is 5.24. The molecule has 0 aliphatic heterocycles. The predicted molar refractivity (Wildman–Crippen MR) is 113 cm³/mol. The lowest BCUT2D eigenvalue weighted by Gasteiger charge is -2.13. The predicted octanol–water partition coefficient (Wildman–Crippen LogP) is 5.13. The van der Waals surface area contributed by atoms with Gasteiger partial charge < -0.3 is 15.1 Å². The Morgan fingerprint density at radius 1 is 1.00 bits per heavy atom. The SMILES string of the molecule is CCc1cccc(C)c1NC(=O)CSc1ccc(NC(=O)c2ccco2)cc1. The fourth-order valence-corrected chi connectivity index (χ4v) is 3.46. The minimum atomic E-state index is -0.297. The first kappa shape index (κ1) is 19.8. The van der Waals surface area contributed by atoms with Gasteiger partial charge in [0.05, 0.1) is 12.0 Å². The lowest BCUT2D eigenvalue weighted by Crippen LogP contribution is -2.16. The number of furan rings is 1. The monoisotopic (exact) mass is 394 g/mol. The number of thioether (sulfide) groups is 1. The summed E-state index contributed by atoms with van der Waals surface area (Å²) in [5.41, 5.74) is 3.78. The summed E-state index contributed by atoms with van der Waals surface area (Å²) in [6.07, 6.45) is 2.33. The largest absolute Gasteiger partial charge is 0.459 e. The Bertz CT molecular complexity index is 950. The highest BCUT2D eigenvalue weighted by atomic mass is 32.2. The Hall–Kier alpha value is -2.99. The third kappa shape index (κ3) is 5.04. The van der Waals surface area contributed by atoms with E-state index in [2.05, 4.69) is 17.6 Å². The van der Waals surface area contributed by atoms with Crippen LogP contribution in [0.5, 0.6) is 0 Å². The van der Waals surface area contributed by atoms with Crippen LogP contribution >= 0.6 is 11.8 Å². The van der Waals surface area contributed by atoms with E-state index in [1.807, 2.05) is 37.3 Å². The Labute approximate surface area is 168 Å². The number of amides is 2. The lowest BCUT2D eigenvalue weighted by atomic mass is 10.1. The molecule has 3 rings (SSSR count).